The second kappa shape index (κ2) is 9.44. The van der Waals surface area contributed by atoms with E-state index in [4.69, 9.17) is 11.6 Å². The molecule has 0 spiro atoms. The van der Waals surface area contributed by atoms with Crippen LogP contribution >= 0.6 is 23.4 Å². The predicted molar refractivity (Wildman–Crippen MR) is 133 cm³/mol. The summed E-state index contributed by atoms with van der Waals surface area (Å²) in [5.41, 5.74) is 2.47. The number of benzene rings is 3. The maximum Gasteiger partial charge on any atom is 0.234 e. The molecule has 8 heteroatoms. The smallest absolute Gasteiger partial charge is 0.234 e. The van der Waals surface area contributed by atoms with Crippen molar-refractivity contribution >= 4 is 45.7 Å². The van der Waals surface area contributed by atoms with Crippen molar-refractivity contribution in [3.05, 3.63) is 96.3 Å². The fourth-order valence-corrected chi connectivity index (χ4v) is 4.49. The van der Waals surface area contributed by atoms with Gasteiger partial charge in [0.1, 0.15) is 0 Å². The molecule has 0 bridgehead atoms. The molecule has 1 N–H and O–H groups in total. The van der Waals surface area contributed by atoms with Gasteiger partial charge in [-0.1, -0.05) is 65.8 Å². The normalized spacial score (nSPS) is 10.9. The number of carbonyl (C=O) groups is 1. The molecule has 0 aliphatic heterocycles. The van der Waals surface area contributed by atoms with Crippen molar-refractivity contribution in [3.8, 4) is 17.1 Å². The van der Waals surface area contributed by atoms with Crippen LogP contribution in [0.4, 0.5) is 5.69 Å². The second-order valence-corrected chi connectivity index (χ2v) is 8.60. The Hall–Kier alpha value is -3.68. The van der Waals surface area contributed by atoms with Crippen LogP contribution in [0.3, 0.4) is 0 Å². The first-order chi connectivity index (χ1) is 16.2. The number of fused-ring (bicyclic) bond motifs is 1. The van der Waals surface area contributed by atoms with Crippen molar-refractivity contribution in [2.75, 3.05) is 11.1 Å². The Morgan fingerprint density at radius 3 is 2.58 bits per heavy atom. The minimum atomic E-state index is -0.123. The molecule has 0 aliphatic carbocycles. The van der Waals surface area contributed by atoms with Gasteiger partial charge >= 0.3 is 0 Å². The number of thioether (sulfide) groups is 1. The van der Waals surface area contributed by atoms with Crippen LogP contribution in [0.1, 0.15) is 0 Å². The molecule has 3 aromatic carbocycles. The van der Waals surface area contributed by atoms with Gasteiger partial charge < -0.3 is 5.32 Å². The van der Waals surface area contributed by atoms with Crippen LogP contribution in [0.15, 0.2) is 96.4 Å². The molecule has 0 saturated heterocycles. The minimum Gasteiger partial charge on any atom is -0.325 e. The zero-order chi connectivity index (χ0) is 22.6. The Bertz CT molecular complexity index is 1430. The highest BCUT2D eigenvalue weighted by Crippen LogP contribution is 2.29. The lowest BCUT2D eigenvalue weighted by Crippen LogP contribution is -2.14. The van der Waals surface area contributed by atoms with E-state index in [1.807, 2.05) is 83.4 Å². The minimum absolute atomic E-state index is 0.123. The Kier molecular flexibility index (Phi) is 6.06. The predicted octanol–water partition coefficient (Wildman–Crippen LogP) is 5.87. The summed E-state index contributed by atoms with van der Waals surface area (Å²) < 4.78 is 1.90. The number of hydrogen-bond donors (Lipinski definition) is 1. The van der Waals surface area contributed by atoms with Crippen molar-refractivity contribution in [1.29, 1.82) is 0 Å². The standard InChI is InChI=1S/C25H18ClN5OS/c26-19-7-4-8-20(15-19)31-24(18-11-13-27-14-12-18)29-30-25(31)33-16-23(32)28-22-10-3-6-17-5-1-2-9-21(17)22/h1-15H,16H2,(H,28,32). The van der Waals surface area contributed by atoms with E-state index in [1.165, 1.54) is 11.8 Å². The number of carbonyl (C=O) groups excluding carboxylic acids is 1. The molecular formula is C25H18ClN5OS. The number of nitrogens with zero attached hydrogens (tertiary/aromatic N) is 4. The molecular weight excluding hydrogens is 454 g/mol. The molecule has 0 radical (unpaired) electrons. The van der Waals surface area contributed by atoms with Crippen LogP contribution in [0, 0.1) is 0 Å². The molecule has 5 aromatic rings. The zero-order valence-corrected chi connectivity index (χ0v) is 18.9. The summed E-state index contributed by atoms with van der Waals surface area (Å²) in [5, 5.41) is 15.0. The van der Waals surface area contributed by atoms with Gasteiger partial charge in [-0.3, -0.25) is 14.3 Å². The summed E-state index contributed by atoms with van der Waals surface area (Å²) in [6.07, 6.45) is 3.41. The third-order valence-electron chi connectivity index (χ3n) is 5.03. The molecule has 6 nitrogen and oxygen atoms in total. The van der Waals surface area contributed by atoms with Gasteiger partial charge in [-0.15, -0.1) is 10.2 Å². The molecule has 2 aromatic heterocycles. The van der Waals surface area contributed by atoms with E-state index < -0.39 is 0 Å². The molecule has 0 fully saturated rings. The number of rotatable bonds is 6. The monoisotopic (exact) mass is 471 g/mol. The maximum absolute atomic E-state index is 12.8. The number of anilines is 1. The summed E-state index contributed by atoms with van der Waals surface area (Å²) in [6.45, 7) is 0. The zero-order valence-electron chi connectivity index (χ0n) is 17.4. The van der Waals surface area contributed by atoms with Gasteiger partial charge in [0.05, 0.1) is 11.4 Å². The van der Waals surface area contributed by atoms with E-state index in [0.29, 0.717) is 16.0 Å². The van der Waals surface area contributed by atoms with Crippen molar-refractivity contribution in [1.82, 2.24) is 19.7 Å². The first kappa shape index (κ1) is 21.2. The fraction of sp³-hybridized carbons (Fsp3) is 0.0400. The average molecular weight is 472 g/mol. The third-order valence-corrected chi connectivity index (χ3v) is 6.20. The van der Waals surface area contributed by atoms with Crippen molar-refractivity contribution in [2.45, 2.75) is 5.16 Å². The number of pyridine rings is 1. The van der Waals surface area contributed by atoms with E-state index in [1.54, 1.807) is 12.4 Å². The quantitative estimate of drug-likeness (QED) is 0.314. The molecule has 0 atom stereocenters. The molecule has 162 valence electrons. The highest BCUT2D eigenvalue weighted by molar-refractivity contribution is 7.99. The Morgan fingerprint density at radius 2 is 1.73 bits per heavy atom. The lowest BCUT2D eigenvalue weighted by molar-refractivity contribution is -0.113. The molecule has 5 rings (SSSR count). The van der Waals surface area contributed by atoms with Crippen LogP contribution in [0.2, 0.25) is 5.02 Å². The van der Waals surface area contributed by atoms with Crippen LogP contribution in [-0.2, 0) is 4.79 Å². The fourth-order valence-electron chi connectivity index (χ4n) is 3.55. The molecule has 2 heterocycles. The largest absolute Gasteiger partial charge is 0.325 e. The number of nitrogens with one attached hydrogen (secondary N) is 1. The lowest BCUT2D eigenvalue weighted by Gasteiger charge is -2.11. The van der Waals surface area contributed by atoms with E-state index in [2.05, 4.69) is 20.5 Å². The number of halogens is 1. The molecule has 33 heavy (non-hydrogen) atoms. The van der Waals surface area contributed by atoms with Gasteiger partial charge in [0.15, 0.2) is 11.0 Å². The van der Waals surface area contributed by atoms with Crippen LogP contribution < -0.4 is 5.32 Å². The molecule has 0 unspecified atom stereocenters. The highest BCUT2D eigenvalue weighted by Gasteiger charge is 2.18. The number of hydrogen-bond acceptors (Lipinski definition) is 5. The van der Waals surface area contributed by atoms with Gasteiger partial charge in [-0.25, -0.2) is 0 Å². The summed E-state index contributed by atoms with van der Waals surface area (Å²) >= 11 is 7.56. The van der Waals surface area contributed by atoms with Crippen LogP contribution in [-0.4, -0.2) is 31.4 Å². The van der Waals surface area contributed by atoms with Crippen LogP contribution in [0.5, 0.6) is 0 Å². The lowest BCUT2D eigenvalue weighted by atomic mass is 10.1. The number of amides is 1. The summed E-state index contributed by atoms with van der Waals surface area (Å²) in [7, 11) is 0. The first-order valence-corrected chi connectivity index (χ1v) is 11.6. The van der Waals surface area contributed by atoms with Gasteiger partial charge in [-0.05, 0) is 41.8 Å². The average Bonchev–Trinajstić information content (AvgIpc) is 3.28. The first-order valence-electron chi connectivity index (χ1n) is 10.2. The third kappa shape index (κ3) is 4.60. The van der Waals surface area contributed by atoms with Crippen LogP contribution in [0.25, 0.3) is 27.8 Å². The van der Waals surface area contributed by atoms with Crippen molar-refractivity contribution in [2.24, 2.45) is 0 Å². The SMILES string of the molecule is O=C(CSc1nnc(-c2ccncc2)n1-c1cccc(Cl)c1)Nc1cccc2ccccc12. The number of aromatic nitrogens is 4. The summed E-state index contributed by atoms with van der Waals surface area (Å²) in [6, 6.07) is 25.0. The van der Waals surface area contributed by atoms with Crippen molar-refractivity contribution < 1.29 is 4.79 Å². The van der Waals surface area contributed by atoms with E-state index in [-0.39, 0.29) is 11.7 Å². The Balaban J connectivity index is 1.41. The Morgan fingerprint density at radius 1 is 0.939 bits per heavy atom. The van der Waals surface area contributed by atoms with Gasteiger partial charge in [0.25, 0.3) is 0 Å². The highest BCUT2D eigenvalue weighted by atomic mass is 35.5. The maximum atomic E-state index is 12.8. The molecule has 1 amide bonds. The van der Waals surface area contributed by atoms with Gasteiger partial charge in [0, 0.05) is 34.1 Å². The second-order valence-electron chi connectivity index (χ2n) is 7.22. The summed E-state index contributed by atoms with van der Waals surface area (Å²) in [4.78, 5) is 16.9. The van der Waals surface area contributed by atoms with E-state index in [0.717, 1.165) is 27.7 Å². The molecule has 0 aliphatic rings. The van der Waals surface area contributed by atoms with Gasteiger partial charge in [-0.2, -0.15) is 0 Å². The Labute approximate surface area is 199 Å². The van der Waals surface area contributed by atoms with Crippen molar-refractivity contribution in [3.63, 3.8) is 0 Å². The van der Waals surface area contributed by atoms with E-state index >= 15 is 0 Å². The summed E-state index contributed by atoms with van der Waals surface area (Å²) in [5.74, 6) is 0.706. The molecule has 0 saturated carbocycles. The van der Waals surface area contributed by atoms with E-state index in [9.17, 15) is 4.79 Å². The van der Waals surface area contributed by atoms with Gasteiger partial charge in [0.2, 0.25) is 5.91 Å². The topological polar surface area (TPSA) is 72.7 Å².